The Bertz CT molecular complexity index is 6380. The average Bonchev–Trinajstić information content (AvgIpc) is 1.50. The van der Waals surface area contributed by atoms with E-state index in [9.17, 15) is 0 Å². The molecule has 0 unspecified atom stereocenters. The molecule has 544 valence electrons. The Morgan fingerprint density at radius 3 is 0.761 bits per heavy atom. The van der Waals surface area contributed by atoms with Gasteiger partial charge in [0, 0.05) is 56.6 Å². The van der Waals surface area contributed by atoms with E-state index in [1.54, 1.807) is 0 Å². The van der Waals surface area contributed by atoms with Crippen LogP contribution in [0.25, 0.3) is 22.3 Å². The second-order valence-electron chi connectivity index (χ2n) is 31.9. The summed E-state index contributed by atoms with van der Waals surface area (Å²) in [7, 11) is 0. The summed E-state index contributed by atoms with van der Waals surface area (Å²) in [5.74, 6) is 0. The first-order valence-corrected chi connectivity index (χ1v) is 41.0. The van der Waals surface area contributed by atoms with Crippen LogP contribution in [0.5, 0.6) is 0 Å². The van der Waals surface area contributed by atoms with E-state index < -0.39 is 16.2 Å². The lowest BCUT2D eigenvalue weighted by molar-refractivity contribution is 0.731. The molecule has 4 heterocycles. The van der Waals surface area contributed by atoms with E-state index in [2.05, 4.69) is 469 Å². The highest BCUT2D eigenvalue weighted by Crippen LogP contribution is 2.69. The van der Waals surface area contributed by atoms with Gasteiger partial charge in [-0.2, -0.15) is 0 Å². The standard InChI is InChI=1S/C111H74B2N4/c1-9-37-75(38-10-1)109(76-39-11-2-12-40-76)89-53-25-31-59-99(89)114(100-60-32-26-54-90(100)109)83-65-67-87-85(73-83)105-93(69-71-97-107(105)116(81-49-21-7-22-50-81)103-63-35-29-57-95(103)112(97)79-45-17-5-18-46-79)111(87)88-68-66-84(115-101-61-33-27-55-91(101)110(77-41-13-3-14-42-77,78-43-15-4-16-44-78)92-56-28-34-62-102(92)115)74-86(88)106-94(111)70-72-98-108(106)117(82-51-23-8-24-52-82)104-64-36-30-58-96(104)113(98)80-47-19-6-20-48-80/h1-74H. The van der Waals surface area contributed by atoms with Crippen LogP contribution >= 0.6 is 0 Å². The van der Waals surface area contributed by atoms with Gasteiger partial charge in [-0.1, -0.05) is 375 Å². The lowest BCUT2D eigenvalue weighted by atomic mass is 9.35. The van der Waals surface area contributed by atoms with Gasteiger partial charge in [0.15, 0.2) is 0 Å². The molecule has 6 heteroatoms. The first-order valence-electron chi connectivity index (χ1n) is 41.0. The fourth-order valence-corrected chi connectivity index (χ4v) is 22.1. The first kappa shape index (κ1) is 66.9. The molecule has 1 spiro atoms. The SMILES string of the molecule is c1ccc(B2c3ccccc3N(c3ccccc3)c3c2ccc2c3-c3cc(N4c5ccccc5C(c5ccccc5)(c5ccccc5)c5ccccc54)ccc3C23c2ccc(N4c5ccccc5C(c5ccccc5)(c5ccccc5)c5ccccc54)cc2-c2c3ccc3c2N(c2ccccc2)c2ccccc2B3c2ccccc2)cc1. The molecule has 0 saturated heterocycles. The number of hydrogen-bond acceptors (Lipinski definition) is 4. The van der Waals surface area contributed by atoms with Crippen LogP contribution in [-0.4, -0.2) is 13.4 Å². The summed E-state index contributed by atoms with van der Waals surface area (Å²) in [5, 5.41) is 0. The van der Waals surface area contributed by atoms with Gasteiger partial charge in [-0.25, -0.2) is 0 Å². The van der Waals surface area contributed by atoms with Gasteiger partial charge in [0.05, 0.1) is 39.0 Å². The summed E-state index contributed by atoms with van der Waals surface area (Å²) >= 11 is 0. The molecular weight excluding hydrogens is 1410 g/mol. The highest BCUT2D eigenvalue weighted by molar-refractivity contribution is 6.99. The molecule has 2 aliphatic carbocycles. The molecular formula is C111H74B2N4. The fraction of sp³-hybridized carbons (Fsp3) is 0.0270. The molecule has 0 bridgehead atoms. The highest BCUT2D eigenvalue weighted by atomic mass is 15.2. The molecule has 24 rings (SSSR count). The second-order valence-corrected chi connectivity index (χ2v) is 31.9. The van der Waals surface area contributed by atoms with Crippen LogP contribution in [0.1, 0.15) is 66.8 Å². The molecule has 18 aromatic rings. The predicted molar refractivity (Wildman–Crippen MR) is 487 cm³/mol. The van der Waals surface area contributed by atoms with E-state index in [-0.39, 0.29) is 13.4 Å². The van der Waals surface area contributed by atoms with E-state index in [4.69, 9.17) is 0 Å². The zero-order valence-electron chi connectivity index (χ0n) is 64.2. The van der Waals surface area contributed by atoms with E-state index >= 15 is 0 Å². The smallest absolute Gasteiger partial charge is 0.246 e. The van der Waals surface area contributed by atoms with Crippen LogP contribution in [0.3, 0.4) is 0 Å². The molecule has 0 amide bonds. The van der Waals surface area contributed by atoms with Crippen molar-refractivity contribution in [2.24, 2.45) is 0 Å². The van der Waals surface area contributed by atoms with E-state index in [0.29, 0.717) is 0 Å². The van der Waals surface area contributed by atoms with Crippen molar-refractivity contribution in [3.05, 3.63) is 516 Å². The lowest BCUT2D eigenvalue weighted by Crippen LogP contribution is -2.57. The van der Waals surface area contributed by atoms with Gasteiger partial charge < -0.3 is 19.6 Å². The Labute approximate surface area is 683 Å². The topological polar surface area (TPSA) is 13.0 Å². The van der Waals surface area contributed by atoms with E-state index in [1.807, 2.05) is 0 Å². The molecule has 4 aliphatic heterocycles. The predicted octanol–water partition coefficient (Wildman–Crippen LogP) is 23.0. The molecule has 0 atom stereocenters. The summed E-state index contributed by atoms with van der Waals surface area (Å²) in [6.45, 7) is -0.221. The van der Waals surface area contributed by atoms with Crippen LogP contribution in [0.4, 0.5) is 68.2 Å². The van der Waals surface area contributed by atoms with Gasteiger partial charge in [0.25, 0.3) is 0 Å². The van der Waals surface area contributed by atoms with Crippen molar-refractivity contribution in [1.82, 2.24) is 0 Å². The number of nitrogens with zero attached hydrogens (tertiary/aromatic N) is 4. The second kappa shape index (κ2) is 26.2. The van der Waals surface area contributed by atoms with Crippen molar-refractivity contribution in [2.75, 3.05) is 19.6 Å². The minimum atomic E-state index is -0.930. The fourth-order valence-electron chi connectivity index (χ4n) is 22.1. The number of para-hydroxylation sites is 8. The number of benzene rings is 18. The highest BCUT2D eigenvalue weighted by Gasteiger charge is 2.58. The molecule has 6 aliphatic rings. The van der Waals surface area contributed by atoms with Crippen LogP contribution < -0.4 is 52.4 Å². The third-order valence-electron chi connectivity index (χ3n) is 26.5. The molecule has 117 heavy (non-hydrogen) atoms. The van der Waals surface area contributed by atoms with Gasteiger partial charge in [0.2, 0.25) is 13.4 Å². The minimum Gasteiger partial charge on any atom is -0.311 e. The molecule has 0 radical (unpaired) electrons. The van der Waals surface area contributed by atoms with Crippen molar-refractivity contribution >= 4 is 114 Å². The monoisotopic (exact) mass is 1480 g/mol. The zero-order chi connectivity index (χ0) is 76.9. The normalized spacial score (nSPS) is 14.6. The van der Waals surface area contributed by atoms with Crippen molar-refractivity contribution in [2.45, 2.75) is 16.2 Å². The van der Waals surface area contributed by atoms with Gasteiger partial charge in [-0.05, 0) is 185 Å². The van der Waals surface area contributed by atoms with Crippen molar-refractivity contribution < 1.29 is 0 Å². The number of rotatable bonds is 10. The molecule has 0 fully saturated rings. The third kappa shape index (κ3) is 9.32. The van der Waals surface area contributed by atoms with E-state index in [1.165, 1.54) is 133 Å². The summed E-state index contributed by atoms with van der Waals surface area (Å²) in [6.07, 6.45) is 0. The molecule has 18 aromatic carbocycles. The van der Waals surface area contributed by atoms with Crippen molar-refractivity contribution in [1.29, 1.82) is 0 Å². The maximum atomic E-state index is 2.62. The third-order valence-corrected chi connectivity index (χ3v) is 26.5. The van der Waals surface area contributed by atoms with Crippen LogP contribution in [0.2, 0.25) is 0 Å². The molecule has 4 nitrogen and oxygen atoms in total. The quantitative estimate of drug-likeness (QED) is 0.127. The first-order chi connectivity index (χ1) is 58.1. The maximum Gasteiger partial charge on any atom is 0.246 e. The Kier molecular flexibility index (Phi) is 15.0. The Hall–Kier alpha value is -14.7. The number of anilines is 12. The Morgan fingerprint density at radius 1 is 0.171 bits per heavy atom. The maximum absolute atomic E-state index is 2.62. The number of fused-ring (bicyclic) bond motifs is 20. The van der Waals surface area contributed by atoms with Gasteiger partial charge in [-0.15, -0.1) is 0 Å². The molecule has 0 N–H and O–H groups in total. The molecule has 0 saturated carbocycles. The van der Waals surface area contributed by atoms with Crippen molar-refractivity contribution in [3.63, 3.8) is 0 Å². The minimum absolute atomic E-state index is 0.110. The lowest BCUT2D eigenvalue weighted by Gasteiger charge is -2.46. The van der Waals surface area contributed by atoms with E-state index in [0.717, 1.165) is 56.9 Å². The Morgan fingerprint density at radius 2 is 0.436 bits per heavy atom. The average molecular weight is 1490 g/mol. The van der Waals surface area contributed by atoms with Gasteiger partial charge >= 0.3 is 0 Å². The van der Waals surface area contributed by atoms with Crippen LogP contribution in [0.15, 0.2) is 449 Å². The number of hydrogen-bond donors (Lipinski definition) is 0. The molecule has 0 aromatic heterocycles. The zero-order valence-corrected chi connectivity index (χ0v) is 64.2. The summed E-state index contributed by atoms with van der Waals surface area (Å²) < 4.78 is 0. The van der Waals surface area contributed by atoms with Crippen molar-refractivity contribution in [3.8, 4) is 22.3 Å². The largest absolute Gasteiger partial charge is 0.311 e. The summed E-state index contributed by atoms with van der Waals surface area (Å²) in [6, 6.07) is 171. The van der Waals surface area contributed by atoms with Gasteiger partial charge in [0.1, 0.15) is 0 Å². The summed E-state index contributed by atoms with van der Waals surface area (Å²) in [5.41, 5.74) is 38.3. The van der Waals surface area contributed by atoms with Crippen LogP contribution in [-0.2, 0) is 16.2 Å². The summed E-state index contributed by atoms with van der Waals surface area (Å²) in [4.78, 5) is 10.4. The van der Waals surface area contributed by atoms with Crippen LogP contribution in [0, 0.1) is 0 Å². The Balaban J connectivity index is 0.839. The van der Waals surface area contributed by atoms with Gasteiger partial charge in [-0.3, -0.25) is 0 Å².